The molecule has 4 rings (SSSR count). The van der Waals surface area contributed by atoms with Gasteiger partial charge >= 0.3 is 0 Å². The quantitative estimate of drug-likeness (QED) is 0.635. The van der Waals surface area contributed by atoms with Crippen molar-refractivity contribution < 1.29 is 0 Å². The third-order valence-corrected chi connectivity index (χ3v) is 5.96. The average molecular weight is 234 g/mol. The third kappa shape index (κ3) is 1.76. The van der Waals surface area contributed by atoms with Crippen molar-refractivity contribution in [3.8, 4) is 0 Å². The van der Waals surface area contributed by atoms with E-state index in [9.17, 15) is 0 Å². The molecule has 0 amide bonds. The van der Waals surface area contributed by atoms with E-state index in [0.717, 1.165) is 23.9 Å². The van der Waals surface area contributed by atoms with E-state index in [1.807, 2.05) is 0 Å². The van der Waals surface area contributed by atoms with Crippen LogP contribution in [0.5, 0.6) is 0 Å². The largest absolute Gasteiger partial charge is 0.300 e. The Labute approximate surface area is 105 Å². The summed E-state index contributed by atoms with van der Waals surface area (Å²) in [6.07, 6.45) is 10.5. The minimum atomic E-state index is 0.961. The van der Waals surface area contributed by atoms with Crippen LogP contribution in [0.15, 0.2) is 0 Å². The number of hydrogen-bond donors (Lipinski definition) is 0. The second-order valence-electron chi connectivity index (χ2n) is 6.87. The summed E-state index contributed by atoms with van der Waals surface area (Å²) in [5, 5.41) is 0. The van der Waals surface area contributed by atoms with Crippen molar-refractivity contribution in [1.29, 1.82) is 0 Å². The van der Waals surface area contributed by atoms with E-state index < -0.39 is 0 Å². The van der Waals surface area contributed by atoms with Crippen LogP contribution < -0.4 is 0 Å². The Morgan fingerprint density at radius 2 is 1.18 bits per heavy atom. The van der Waals surface area contributed by atoms with Gasteiger partial charge in [0, 0.05) is 25.2 Å². The fraction of sp³-hybridized carbons (Fsp3) is 1.00. The highest BCUT2D eigenvalue weighted by molar-refractivity contribution is 5.00. The summed E-state index contributed by atoms with van der Waals surface area (Å²) in [6, 6.07) is 1.92. The Morgan fingerprint density at radius 1 is 0.647 bits per heavy atom. The molecule has 96 valence electrons. The van der Waals surface area contributed by atoms with Gasteiger partial charge in [0.1, 0.15) is 0 Å². The van der Waals surface area contributed by atoms with Gasteiger partial charge in [-0.1, -0.05) is 12.8 Å². The number of rotatable bonds is 0. The van der Waals surface area contributed by atoms with Crippen molar-refractivity contribution in [2.75, 3.05) is 26.2 Å². The number of fused-ring (bicyclic) bond motifs is 6. The first-order valence-electron chi connectivity index (χ1n) is 7.90. The lowest BCUT2D eigenvalue weighted by Gasteiger charge is -2.57. The zero-order chi connectivity index (χ0) is 11.2. The van der Waals surface area contributed by atoms with Crippen molar-refractivity contribution in [1.82, 2.24) is 9.80 Å². The van der Waals surface area contributed by atoms with Crippen molar-refractivity contribution in [2.24, 2.45) is 11.8 Å². The van der Waals surface area contributed by atoms with E-state index in [-0.39, 0.29) is 0 Å². The molecule has 4 saturated heterocycles. The third-order valence-electron chi connectivity index (χ3n) is 5.96. The van der Waals surface area contributed by atoms with E-state index in [1.54, 1.807) is 6.42 Å². The van der Waals surface area contributed by atoms with Crippen molar-refractivity contribution in [2.45, 2.75) is 57.0 Å². The molecular formula is C15H26N2. The topological polar surface area (TPSA) is 6.48 Å². The highest BCUT2D eigenvalue weighted by Crippen LogP contribution is 2.42. The molecule has 17 heavy (non-hydrogen) atoms. The summed E-state index contributed by atoms with van der Waals surface area (Å²) in [5.74, 6) is 2.03. The molecule has 0 aromatic carbocycles. The van der Waals surface area contributed by atoms with Crippen LogP contribution in [0.2, 0.25) is 0 Å². The van der Waals surface area contributed by atoms with Crippen LogP contribution >= 0.6 is 0 Å². The fourth-order valence-corrected chi connectivity index (χ4v) is 5.25. The van der Waals surface area contributed by atoms with Crippen LogP contribution in [-0.4, -0.2) is 48.1 Å². The minimum absolute atomic E-state index is 0.961. The highest BCUT2D eigenvalue weighted by Gasteiger charge is 2.46. The van der Waals surface area contributed by atoms with Gasteiger partial charge in [-0.15, -0.1) is 0 Å². The predicted octanol–water partition coefficient (Wildman–Crippen LogP) is 2.35. The maximum atomic E-state index is 2.87. The SMILES string of the molecule is C1CCN2C[C@@H]3CC(CN4CCCC[C@@H]34)[C@H]2C1. The molecule has 0 saturated carbocycles. The zero-order valence-corrected chi connectivity index (χ0v) is 11.0. The maximum absolute atomic E-state index is 2.87. The summed E-state index contributed by atoms with van der Waals surface area (Å²) in [7, 11) is 0. The van der Waals surface area contributed by atoms with Crippen LogP contribution in [0.4, 0.5) is 0 Å². The van der Waals surface area contributed by atoms with E-state index >= 15 is 0 Å². The lowest BCUT2D eigenvalue weighted by Crippen LogP contribution is -2.63. The lowest BCUT2D eigenvalue weighted by atomic mass is 9.71. The molecule has 2 nitrogen and oxygen atoms in total. The van der Waals surface area contributed by atoms with Crippen LogP contribution in [-0.2, 0) is 0 Å². The first kappa shape index (κ1) is 10.8. The summed E-state index contributed by atoms with van der Waals surface area (Å²) < 4.78 is 0. The molecule has 1 unspecified atom stereocenters. The molecule has 0 radical (unpaired) electrons. The van der Waals surface area contributed by atoms with Gasteiger partial charge in [0.15, 0.2) is 0 Å². The molecule has 0 spiro atoms. The standard InChI is InChI=1S/C15H26N2/c1-3-7-16-11-13-9-12(14(16)5-1)10-17-8-4-2-6-15(13)17/h12-15H,1-11H2/t12-,13?,14-,15+/m0/s1. The molecule has 4 aliphatic rings. The maximum Gasteiger partial charge on any atom is 0.0136 e. The summed E-state index contributed by atoms with van der Waals surface area (Å²) in [5.41, 5.74) is 0. The van der Waals surface area contributed by atoms with Crippen molar-refractivity contribution >= 4 is 0 Å². The fourth-order valence-electron chi connectivity index (χ4n) is 5.25. The van der Waals surface area contributed by atoms with Crippen molar-refractivity contribution in [3.05, 3.63) is 0 Å². The lowest BCUT2D eigenvalue weighted by molar-refractivity contribution is -0.0718. The number of hydrogen-bond acceptors (Lipinski definition) is 2. The van der Waals surface area contributed by atoms with Crippen LogP contribution in [0, 0.1) is 11.8 Å². The van der Waals surface area contributed by atoms with E-state index in [2.05, 4.69) is 9.80 Å². The molecule has 0 aromatic rings. The second-order valence-corrected chi connectivity index (χ2v) is 6.87. The summed E-state index contributed by atoms with van der Waals surface area (Å²) >= 11 is 0. The summed E-state index contributed by atoms with van der Waals surface area (Å²) in [4.78, 5) is 5.74. The molecule has 0 aromatic heterocycles. The van der Waals surface area contributed by atoms with Crippen LogP contribution in [0.3, 0.4) is 0 Å². The Bertz CT molecular complexity index is 263. The Kier molecular flexibility index (Phi) is 2.69. The van der Waals surface area contributed by atoms with Crippen molar-refractivity contribution in [3.63, 3.8) is 0 Å². The smallest absolute Gasteiger partial charge is 0.0136 e. The number of nitrogens with zero attached hydrogens (tertiary/aromatic N) is 2. The Morgan fingerprint density at radius 3 is 1.71 bits per heavy atom. The van der Waals surface area contributed by atoms with Gasteiger partial charge in [0.25, 0.3) is 0 Å². The molecule has 2 heteroatoms. The number of piperidine rings is 4. The molecule has 4 atom stereocenters. The summed E-state index contributed by atoms with van der Waals surface area (Å²) in [6.45, 7) is 5.68. The van der Waals surface area contributed by atoms with Gasteiger partial charge < -0.3 is 0 Å². The molecule has 4 heterocycles. The van der Waals surface area contributed by atoms with Gasteiger partial charge in [0.2, 0.25) is 0 Å². The molecule has 0 N–H and O–H groups in total. The van der Waals surface area contributed by atoms with E-state index in [4.69, 9.17) is 0 Å². The monoisotopic (exact) mass is 234 g/mol. The minimum Gasteiger partial charge on any atom is -0.300 e. The Balaban J connectivity index is 1.56. The van der Waals surface area contributed by atoms with Gasteiger partial charge in [0.05, 0.1) is 0 Å². The highest BCUT2D eigenvalue weighted by atomic mass is 15.3. The van der Waals surface area contributed by atoms with E-state index in [0.29, 0.717) is 0 Å². The Hall–Kier alpha value is -0.0800. The molecule has 0 aliphatic carbocycles. The van der Waals surface area contributed by atoms with Gasteiger partial charge in [-0.2, -0.15) is 0 Å². The van der Waals surface area contributed by atoms with E-state index in [1.165, 1.54) is 64.7 Å². The predicted molar refractivity (Wildman–Crippen MR) is 70.0 cm³/mol. The van der Waals surface area contributed by atoms with Gasteiger partial charge in [-0.25, -0.2) is 0 Å². The first-order valence-corrected chi connectivity index (χ1v) is 7.90. The molecule has 4 aliphatic heterocycles. The van der Waals surface area contributed by atoms with Gasteiger partial charge in [-0.3, -0.25) is 9.80 Å². The molecule has 4 fully saturated rings. The first-order chi connectivity index (χ1) is 8.42. The normalized spacial score (nSPS) is 47.3. The zero-order valence-electron chi connectivity index (χ0n) is 11.0. The van der Waals surface area contributed by atoms with Crippen LogP contribution in [0.25, 0.3) is 0 Å². The average Bonchev–Trinajstić information content (AvgIpc) is 2.39. The molecule has 2 bridgehead atoms. The van der Waals surface area contributed by atoms with Gasteiger partial charge in [-0.05, 0) is 57.0 Å². The van der Waals surface area contributed by atoms with Crippen LogP contribution in [0.1, 0.15) is 44.9 Å². The second kappa shape index (κ2) is 4.24. The molecular weight excluding hydrogens is 208 g/mol.